The summed E-state index contributed by atoms with van der Waals surface area (Å²) in [5.41, 5.74) is 1.42. The number of aliphatic carboxylic acids is 1. The maximum absolute atomic E-state index is 12.3. The summed E-state index contributed by atoms with van der Waals surface area (Å²) in [4.78, 5) is 24.7. The van der Waals surface area contributed by atoms with Gasteiger partial charge in [-0.15, -0.1) is 0 Å². The molecule has 0 saturated heterocycles. The minimum Gasteiger partial charge on any atom is -0.543 e. The van der Waals surface area contributed by atoms with Crippen LogP contribution < -0.4 is 15.3 Å². The summed E-state index contributed by atoms with van der Waals surface area (Å²) in [6.45, 7) is 0. The van der Waals surface area contributed by atoms with Crippen LogP contribution in [-0.2, 0) is 4.79 Å². The number of hydrogen-bond donors (Lipinski definition) is 2. The first-order valence-electron chi connectivity index (χ1n) is 7.38. The smallest absolute Gasteiger partial charge is 0.257 e. The summed E-state index contributed by atoms with van der Waals surface area (Å²) in [7, 11) is 3.96. The lowest BCUT2D eigenvalue weighted by atomic mass is 10.1. The van der Waals surface area contributed by atoms with Crippen LogP contribution in [0.2, 0.25) is 10.0 Å². The molecule has 0 fully saturated rings. The summed E-state index contributed by atoms with van der Waals surface area (Å²) in [6, 6.07) is 11.6. The van der Waals surface area contributed by atoms with Crippen molar-refractivity contribution in [2.45, 2.75) is 0 Å². The third kappa shape index (κ3) is 5.06. The predicted octanol–water partition coefficient (Wildman–Crippen LogP) is 1.29. The summed E-state index contributed by atoms with van der Waals surface area (Å²) >= 11 is 11.8. The highest BCUT2D eigenvalue weighted by Crippen LogP contribution is 2.21. The number of benzene rings is 2. The van der Waals surface area contributed by atoms with Gasteiger partial charge in [0.2, 0.25) is 0 Å². The van der Waals surface area contributed by atoms with E-state index in [0.717, 1.165) is 10.6 Å². The first kappa shape index (κ1) is 19.0. The van der Waals surface area contributed by atoms with Gasteiger partial charge in [0.25, 0.3) is 5.91 Å². The molecule has 130 valence electrons. The highest BCUT2D eigenvalue weighted by atomic mass is 35.5. The molecule has 0 unspecified atom stereocenters. The Balaban J connectivity index is 2.25. The molecule has 2 N–H and O–H groups in total. The first-order valence-corrected chi connectivity index (χ1v) is 8.13. The van der Waals surface area contributed by atoms with Gasteiger partial charge in [0, 0.05) is 5.02 Å². The molecule has 2 aromatic carbocycles. The van der Waals surface area contributed by atoms with Gasteiger partial charge in [-0.05, 0) is 54.1 Å². The maximum Gasteiger partial charge on any atom is 0.257 e. The molecule has 0 aliphatic heterocycles. The Morgan fingerprint density at radius 3 is 2.24 bits per heavy atom. The quantitative estimate of drug-likeness (QED) is 0.769. The van der Waals surface area contributed by atoms with E-state index in [4.69, 9.17) is 23.2 Å². The number of rotatable bonds is 5. The SMILES string of the molecule is C[NH+](C)c1ccc(C=C(NC(=O)c2ccc(Cl)cc2Cl)C(=O)[O-])cc1. The zero-order valence-corrected chi connectivity index (χ0v) is 15.1. The van der Waals surface area contributed by atoms with Gasteiger partial charge in [0.05, 0.1) is 36.3 Å². The minimum absolute atomic E-state index is 0.116. The van der Waals surface area contributed by atoms with E-state index < -0.39 is 11.9 Å². The molecule has 2 aromatic rings. The predicted molar refractivity (Wildman–Crippen MR) is 95.8 cm³/mol. The molecular weight excluding hydrogens is 363 g/mol. The third-order valence-corrected chi connectivity index (χ3v) is 3.99. The molecule has 0 atom stereocenters. The summed E-state index contributed by atoms with van der Waals surface area (Å²) < 4.78 is 0. The highest BCUT2D eigenvalue weighted by molar-refractivity contribution is 6.36. The molecule has 0 saturated carbocycles. The van der Waals surface area contributed by atoms with Crippen molar-refractivity contribution >= 4 is 46.8 Å². The van der Waals surface area contributed by atoms with Gasteiger partial charge < -0.3 is 20.1 Å². The van der Waals surface area contributed by atoms with Crippen molar-refractivity contribution in [1.82, 2.24) is 5.32 Å². The van der Waals surface area contributed by atoms with Gasteiger partial charge in [-0.2, -0.15) is 0 Å². The zero-order valence-electron chi connectivity index (χ0n) is 13.6. The fraction of sp³-hybridized carbons (Fsp3) is 0.111. The number of carbonyl (C=O) groups is 2. The minimum atomic E-state index is -1.50. The van der Waals surface area contributed by atoms with Gasteiger partial charge in [-0.25, -0.2) is 0 Å². The number of quaternary nitrogens is 1. The summed E-state index contributed by atoms with van der Waals surface area (Å²) in [5, 5.41) is 14.1. The molecule has 0 aliphatic carbocycles. The van der Waals surface area contributed by atoms with Gasteiger partial charge in [-0.3, -0.25) is 4.79 Å². The largest absolute Gasteiger partial charge is 0.543 e. The number of halogens is 2. The van der Waals surface area contributed by atoms with Crippen LogP contribution in [-0.4, -0.2) is 26.0 Å². The van der Waals surface area contributed by atoms with E-state index >= 15 is 0 Å². The second-order valence-electron chi connectivity index (χ2n) is 5.55. The van der Waals surface area contributed by atoms with Crippen LogP contribution in [0.4, 0.5) is 5.69 Å². The van der Waals surface area contributed by atoms with E-state index in [1.54, 1.807) is 12.1 Å². The van der Waals surface area contributed by atoms with Crippen molar-refractivity contribution in [3.63, 3.8) is 0 Å². The number of amides is 1. The number of hydrogen-bond acceptors (Lipinski definition) is 3. The van der Waals surface area contributed by atoms with Crippen LogP contribution in [0.3, 0.4) is 0 Å². The maximum atomic E-state index is 12.3. The van der Waals surface area contributed by atoms with Crippen LogP contribution in [0, 0.1) is 0 Å². The fourth-order valence-corrected chi connectivity index (χ4v) is 2.58. The molecule has 0 spiro atoms. The van der Waals surface area contributed by atoms with E-state index in [9.17, 15) is 14.7 Å². The van der Waals surface area contributed by atoms with Gasteiger partial charge in [-0.1, -0.05) is 23.2 Å². The zero-order chi connectivity index (χ0) is 18.6. The highest BCUT2D eigenvalue weighted by Gasteiger charge is 2.13. The summed E-state index contributed by atoms with van der Waals surface area (Å²) in [5.74, 6) is -2.16. The topological polar surface area (TPSA) is 73.7 Å². The van der Waals surface area contributed by atoms with Crippen LogP contribution in [0.5, 0.6) is 0 Å². The Morgan fingerprint density at radius 1 is 1.08 bits per heavy atom. The molecule has 0 aromatic heterocycles. The number of carboxylic acid groups (broad SMARTS) is 1. The van der Waals surface area contributed by atoms with Crippen molar-refractivity contribution in [3.8, 4) is 0 Å². The molecular formula is C18H16Cl2N2O3. The molecule has 7 heteroatoms. The van der Waals surface area contributed by atoms with Crippen LogP contribution >= 0.6 is 23.2 Å². The molecule has 0 radical (unpaired) electrons. The van der Waals surface area contributed by atoms with Crippen LogP contribution in [0.1, 0.15) is 15.9 Å². The van der Waals surface area contributed by atoms with Crippen molar-refractivity contribution in [3.05, 3.63) is 69.3 Å². The standard InChI is InChI=1S/C18H16Cl2N2O3/c1-22(2)13-6-3-11(4-7-13)9-16(18(24)25)21-17(23)14-8-5-12(19)10-15(14)20/h3-10H,1-2H3,(H,21,23)(H,24,25). The molecule has 2 rings (SSSR count). The van der Waals surface area contributed by atoms with Crippen molar-refractivity contribution in [2.24, 2.45) is 0 Å². The average molecular weight is 379 g/mol. The second kappa shape index (κ2) is 8.16. The van der Waals surface area contributed by atoms with E-state index in [2.05, 4.69) is 5.32 Å². The molecule has 1 amide bonds. The molecule has 25 heavy (non-hydrogen) atoms. The lowest BCUT2D eigenvalue weighted by Gasteiger charge is -2.12. The van der Waals surface area contributed by atoms with Gasteiger partial charge in [0.1, 0.15) is 5.69 Å². The van der Waals surface area contributed by atoms with Crippen LogP contribution in [0.15, 0.2) is 48.2 Å². The first-order chi connectivity index (χ1) is 11.8. The lowest BCUT2D eigenvalue weighted by molar-refractivity contribution is -0.786. The van der Waals surface area contributed by atoms with Crippen molar-refractivity contribution in [1.29, 1.82) is 0 Å². The Hall–Kier alpha value is -2.34. The lowest BCUT2D eigenvalue weighted by Crippen LogP contribution is -3.00. The number of carbonyl (C=O) groups excluding carboxylic acids is 2. The van der Waals surface area contributed by atoms with E-state index in [1.807, 2.05) is 26.2 Å². The van der Waals surface area contributed by atoms with Crippen molar-refractivity contribution < 1.29 is 19.6 Å². The number of nitrogens with one attached hydrogen (secondary N) is 2. The Kier molecular flexibility index (Phi) is 6.20. The van der Waals surface area contributed by atoms with E-state index in [-0.39, 0.29) is 16.3 Å². The third-order valence-electron chi connectivity index (χ3n) is 3.44. The molecule has 0 bridgehead atoms. The Bertz CT molecular complexity index is 831. The Labute approximate surface area is 155 Å². The van der Waals surface area contributed by atoms with E-state index in [1.165, 1.54) is 24.3 Å². The van der Waals surface area contributed by atoms with Crippen molar-refractivity contribution in [2.75, 3.05) is 14.1 Å². The monoisotopic (exact) mass is 378 g/mol. The normalized spacial score (nSPS) is 11.5. The number of carboxylic acids is 1. The molecule has 5 nitrogen and oxygen atoms in total. The fourth-order valence-electron chi connectivity index (χ4n) is 2.09. The molecule has 0 heterocycles. The van der Waals surface area contributed by atoms with Gasteiger partial charge in [0.15, 0.2) is 0 Å². The van der Waals surface area contributed by atoms with Crippen LogP contribution in [0.25, 0.3) is 6.08 Å². The molecule has 0 aliphatic rings. The average Bonchev–Trinajstić information content (AvgIpc) is 2.54. The van der Waals surface area contributed by atoms with Gasteiger partial charge >= 0.3 is 0 Å². The summed E-state index contributed by atoms with van der Waals surface area (Å²) in [6.07, 6.45) is 1.33. The second-order valence-corrected chi connectivity index (χ2v) is 6.39. The Morgan fingerprint density at radius 2 is 1.72 bits per heavy atom. The van der Waals surface area contributed by atoms with E-state index in [0.29, 0.717) is 10.6 Å².